The van der Waals surface area contributed by atoms with E-state index in [1.807, 2.05) is 6.92 Å². The van der Waals surface area contributed by atoms with Crippen LogP contribution in [0.15, 0.2) is 40.4 Å². The monoisotopic (exact) mass is 385 g/mol. The van der Waals surface area contributed by atoms with Crippen molar-refractivity contribution in [3.63, 3.8) is 0 Å². The molecule has 138 valence electrons. The van der Waals surface area contributed by atoms with Crippen molar-refractivity contribution in [2.24, 2.45) is 0 Å². The van der Waals surface area contributed by atoms with E-state index in [0.29, 0.717) is 28.1 Å². The summed E-state index contributed by atoms with van der Waals surface area (Å²) in [5, 5.41) is 5.54. The van der Waals surface area contributed by atoms with Gasteiger partial charge in [-0.15, -0.1) is 11.3 Å². The van der Waals surface area contributed by atoms with Crippen LogP contribution in [0.3, 0.4) is 0 Å². The van der Waals surface area contributed by atoms with E-state index in [2.05, 4.69) is 15.1 Å². The zero-order chi connectivity index (χ0) is 19.1. The number of fused-ring (bicyclic) bond motifs is 1. The normalized spacial score (nSPS) is 12.4. The summed E-state index contributed by atoms with van der Waals surface area (Å²) >= 11 is 1.37. The molecule has 0 radical (unpaired) electrons. The molecule has 3 aromatic heterocycles. The molecule has 0 saturated heterocycles. The predicted octanol–water partition coefficient (Wildman–Crippen LogP) is 3.73. The molecule has 9 heteroatoms. The van der Waals surface area contributed by atoms with Gasteiger partial charge in [0.1, 0.15) is 17.6 Å². The van der Waals surface area contributed by atoms with E-state index >= 15 is 0 Å². The van der Waals surface area contributed by atoms with Gasteiger partial charge in [-0.05, 0) is 38.1 Å². The molecule has 1 amide bonds. The molecule has 0 N–H and O–H groups in total. The number of carbonyl (C=O) groups is 1. The Hall–Kier alpha value is -3.07. The van der Waals surface area contributed by atoms with Crippen molar-refractivity contribution in [1.82, 2.24) is 24.4 Å². The second-order valence-corrected chi connectivity index (χ2v) is 7.01. The molecular weight excluding hydrogens is 369 g/mol. The van der Waals surface area contributed by atoms with Crippen molar-refractivity contribution in [2.75, 3.05) is 7.05 Å². The Labute approximate surface area is 158 Å². The first kappa shape index (κ1) is 17.3. The fourth-order valence-electron chi connectivity index (χ4n) is 2.70. The molecule has 27 heavy (non-hydrogen) atoms. The summed E-state index contributed by atoms with van der Waals surface area (Å²) in [6.07, 6.45) is 1.78. The second-order valence-electron chi connectivity index (χ2n) is 6.18. The van der Waals surface area contributed by atoms with Gasteiger partial charge in [0.05, 0.1) is 5.69 Å². The first-order chi connectivity index (χ1) is 12.9. The number of benzene rings is 1. The summed E-state index contributed by atoms with van der Waals surface area (Å²) in [5.74, 6) is 0.414. The molecule has 0 aliphatic carbocycles. The summed E-state index contributed by atoms with van der Waals surface area (Å²) in [5.41, 5.74) is 1.95. The van der Waals surface area contributed by atoms with Crippen LogP contribution in [-0.2, 0) is 0 Å². The second kappa shape index (κ2) is 6.58. The third kappa shape index (κ3) is 3.10. The van der Waals surface area contributed by atoms with E-state index < -0.39 is 0 Å². The van der Waals surface area contributed by atoms with E-state index in [1.165, 1.54) is 23.5 Å². The largest absolute Gasteiger partial charge is 0.337 e. The fraction of sp³-hybridized carbons (Fsp3) is 0.222. The maximum absolute atomic E-state index is 13.1. The third-order valence-electron chi connectivity index (χ3n) is 4.37. The quantitative estimate of drug-likeness (QED) is 0.535. The molecule has 0 aliphatic rings. The SMILES string of the molecule is Cc1noc(C(C)N(C)C(=O)c2csc3nc(-c4ccc(F)cc4)cn23)n1. The summed E-state index contributed by atoms with van der Waals surface area (Å²) < 4.78 is 20.0. The minimum atomic E-state index is -0.367. The van der Waals surface area contributed by atoms with E-state index in [1.54, 1.807) is 47.0 Å². The van der Waals surface area contributed by atoms with Crippen LogP contribution < -0.4 is 0 Å². The lowest BCUT2D eigenvalue weighted by Gasteiger charge is -2.21. The number of halogens is 1. The smallest absolute Gasteiger partial charge is 0.272 e. The summed E-state index contributed by atoms with van der Waals surface area (Å²) in [6.45, 7) is 3.55. The van der Waals surface area contributed by atoms with Crippen molar-refractivity contribution in [1.29, 1.82) is 0 Å². The maximum Gasteiger partial charge on any atom is 0.272 e. The summed E-state index contributed by atoms with van der Waals surface area (Å²) in [7, 11) is 1.69. The molecular formula is C18H16FN5O2S. The molecule has 0 aliphatic heterocycles. The number of hydrogen-bond donors (Lipinski definition) is 0. The van der Waals surface area contributed by atoms with Crippen LogP contribution in [0.2, 0.25) is 0 Å². The highest BCUT2D eigenvalue weighted by atomic mass is 32.1. The minimum Gasteiger partial charge on any atom is -0.337 e. The van der Waals surface area contributed by atoms with Crippen LogP contribution in [0.1, 0.15) is 35.2 Å². The van der Waals surface area contributed by atoms with Gasteiger partial charge in [0.25, 0.3) is 5.91 Å². The molecule has 4 rings (SSSR count). The van der Waals surface area contributed by atoms with Crippen LogP contribution in [0.5, 0.6) is 0 Å². The maximum atomic E-state index is 13.1. The van der Waals surface area contributed by atoms with Gasteiger partial charge in [0.2, 0.25) is 5.89 Å². The number of thiazole rings is 1. The summed E-state index contributed by atoms with van der Waals surface area (Å²) in [6, 6.07) is 5.73. The van der Waals surface area contributed by atoms with Gasteiger partial charge in [-0.2, -0.15) is 4.98 Å². The van der Waals surface area contributed by atoms with Gasteiger partial charge in [0, 0.05) is 24.2 Å². The number of aromatic nitrogens is 4. The number of aryl methyl sites for hydroxylation is 1. The lowest BCUT2D eigenvalue weighted by Crippen LogP contribution is -2.30. The van der Waals surface area contributed by atoms with Crippen molar-refractivity contribution in [2.45, 2.75) is 19.9 Å². The van der Waals surface area contributed by atoms with Gasteiger partial charge in [-0.3, -0.25) is 9.20 Å². The standard InChI is InChI=1S/C18H16FN5O2S/c1-10(16-20-11(2)22-26-16)23(3)17(25)15-9-27-18-21-14(8-24(15)18)12-4-6-13(19)7-5-12/h4-10H,1-3H3. The molecule has 1 unspecified atom stereocenters. The van der Waals surface area contributed by atoms with Crippen LogP contribution in [-0.4, -0.2) is 37.4 Å². The number of nitrogens with zero attached hydrogens (tertiary/aromatic N) is 5. The summed E-state index contributed by atoms with van der Waals surface area (Å²) in [4.78, 5) is 23.9. The molecule has 0 bridgehead atoms. The topological polar surface area (TPSA) is 76.5 Å². The molecule has 3 heterocycles. The van der Waals surface area contributed by atoms with E-state index in [0.717, 1.165) is 5.56 Å². The van der Waals surface area contributed by atoms with E-state index in [-0.39, 0.29) is 17.8 Å². The van der Waals surface area contributed by atoms with Crippen LogP contribution in [0.4, 0.5) is 4.39 Å². The average molecular weight is 385 g/mol. The predicted molar refractivity (Wildman–Crippen MR) is 98.0 cm³/mol. The van der Waals surface area contributed by atoms with Crippen molar-refractivity contribution in [3.05, 3.63) is 59.1 Å². The third-order valence-corrected chi connectivity index (χ3v) is 5.21. The highest BCUT2D eigenvalue weighted by Crippen LogP contribution is 2.26. The fourth-order valence-corrected chi connectivity index (χ4v) is 3.55. The van der Waals surface area contributed by atoms with Crippen LogP contribution >= 0.6 is 11.3 Å². The van der Waals surface area contributed by atoms with E-state index in [9.17, 15) is 9.18 Å². The Morgan fingerprint density at radius 1 is 1.30 bits per heavy atom. The molecule has 1 aromatic carbocycles. The molecule has 0 spiro atoms. The van der Waals surface area contributed by atoms with Gasteiger partial charge in [-0.1, -0.05) is 5.16 Å². The van der Waals surface area contributed by atoms with E-state index in [4.69, 9.17) is 4.52 Å². The van der Waals surface area contributed by atoms with Gasteiger partial charge >= 0.3 is 0 Å². The highest BCUT2D eigenvalue weighted by molar-refractivity contribution is 7.15. The Morgan fingerprint density at radius 3 is 2.70 bits per heavy atom. The number of hydrogen-bond acceptors (Lipinski definition) is 6. The van der Waals surface area contributed by atoms with Crippen molar-refractivity contribution < 1.29 is 13.7 Å². The Morgan fingerprint density at radius 2 is 2.04 bits per heavy atom. The minimum absolute atomic E-state index is 0.187. The first-order valence-corrected chi connectivity index (χ1v) is 9.12. The van der Waals surface area contributed by atoms with Gasteiger partial charge < -0.3 is 9.42 Å². The number of amides is 1. The highest BCUT2D eigenvalue weighted by Gasteiger charge is 2.26. The Kier molecular flexibility index (Phi) is 4.23. The van der Waals surface area contributed by atoms with Gasteiger partial charge in [0.15, 0.2) is 10.8 Å². The number of imidazole rings is 1. The molecule has 0 fully saturated rings. The number of carbonyl (C=O) groups excluding carboxylic acids is 1. The number of rotatable bonds is 4. The van der Waals surface area contributed by atoms with Crippen molar-refractivity contribution >= 4 is 22.2 Å². The van der Waals surface area contributed by atoms with Crippen LogP contribution in [0, 0.1) is 12.7 Å². The zero-order valence-corrected chi connectivity index (χ0v) is 15.7. The lowest BCUT2D eigenvalue weighted by atomic mass is 10.2. The Balaban J connectivity index is 1.65. The first-order valence-electron chi connectivity index (χ1n) is 8.24. The molecule has 7 nitrogen and oxygen atoms in total. The average Bonchev–Trinajstić information content (AvgIpc) is 3.36. The van der Waals surface area contributed by atoms with Gasteiger partial charge in [-0.25, -0.2) is 9.37 Å². The van der Waals surface area contributed by atoms with Crippen LogP contribution in [0.25, 0.3) is 16.2 Å². The zero-order valence-electron chi connectivity index (χ0n) is 14.9. The molecule has 0 saturated carbocycles. The Bertz CT molecular complexity index is 1110. The van der Waals surface area contributed by atoms with Crippen molar-refractivity contribution in [3.8, 4) is 11.3 Å². The molecule has 4 aromatic rings. The lowest BCUT2D eigenvalue weighted by molar-refractivity contribution is 0.0709. The molecule has 1 atom stereocenters.